The number of carbonyl (C=O) groups excluding carboxylic acids is 1. The van der Waals surface area contributed by atoms with Gasteiger partial charge in [-0.05, 0) is 25.0 Å². The molecule has 1 aliphatic rings. The number of amides is 2. The number of nitrogens with one attached hydrogen (secondary N) is 2. The summed E-state index contributed by atoms with van der Waals surface area (Å²) in [4.78, 5) is 22.3. The Hall–Kier alpha value is -2.18. The SMILES string of the molecule is O=C(NCc1cccnn1)NC1(C(=O)O)CC1. The third kappa shape index (κ3) is 2.68. The van der Waals surface area contributed by atoms with Crippen LogP contribution in [0.1, 0.15) is 18.5 Å². The van der Waals surface area contributed by atoms with E-state index in [9.17, 15) is 9.59 Å². The van der Waals surface area contributed by atoms with Gasteiger partial charge in [0.1, 0.15) is 5.54 Å². The summed E-state index contributed by atoms with van der Waals surface area (Å²) in [5, 5.41) is 21.3. The molecule has 1 saturated carbocycles. The van der Waals surface area contributed by atoms with E-state index in [0.29, 0.717) is 18.5 Å². The first-order valence-corrected chi connectivity index (χ1v) is 5.18. The van der Waals surface area contributed by atoms with Gasteiger partial charge in [0.2, 0.25) is 0 Å². The van der Waals surface area contributed by atoms with Crippen LogP contribution in [-0.4, -0.2) is 32.8 Å². The normalized spacial score (nSPS) is 16.0. The summed E-state index contributed by atoms with van der Waals surface area (Å²) in [6, 6.07) is 2.93. The van der Waals surface area contributed by atoms with Crippen LogP contribution in [0.15, 0.2) is 18.3 Å². The van der Waals surface area contributed by atoms with Gasteiger partial charge in [0, 0.05) is 6.20 Å². The fourth-order valence-corrected chi connectivity index (χ4v) is 1.38. The van der Waals surface area contributed by atoms with Crippen LogP contribution in [0.4, 0.5) is 4.79 Å². The number of hydrogen-bond acceptors (Lipinski definition) is 4. The van der Waals surface area contributed by atoms with E-state index >= 15 is 0 Å². The Bertz CT molecular complexity index is 430. The van der Waals surface area contributed by atoms with Gasteiger partial charge < -0.3 is 15.7 Å². The number of carbonyl (C=O) groups is 2. The van der Waals surface area contributed by atoms with Gasteiger partial charge in [-0.3, -0.25) is 0 Å². The third-order valence-corrected chi connectivity index (χ3v) is 2.57. The van der Waals surface area contributed by atoms with E-state index in [4.69, 9.17) is 5.11 Å². The molecule has 1 fully saturated rings. The van der Waals surface area contributed by atoms with Gasteiger partial charge in [0.15, 0.2) is 0 Å². The van der Waals surface area contributed by atoms with E-state index < -0.39 is 17.5 Å². The van der Waals surface area contributed by atoms with Crippen molar-refractivity contribution in [2.24, 2.45) is 0 Å². The lowest BCUT2D eigenvalue weighted by molar-refractivity contribution is -0.140. The lowest BCUT2D eigenvalue weighted by Crippen LogP contribution is -2.47. The van der Waals surface area contributed by atoms with Crippen molar-refractivity contribution < 1.29 is 14.7 Å². The monoisotopic (exact) mass is 236 g/mol. The molecule has 0 aromatic carbocycles. The van der Waals surface area contributed by atoms with Crippen LogP contribution in [0.5, 0.6) is 0 Å². The van der Waals surface area contributed by atoms with E-state index in [-0.39, 0.29) is 6.54 Å². The van der Waals surface area contributed by atoms with Crippen molar-refractivity contribution in [2.75, 3.05) is 0 Å². The second-order valence-corrected chi connectivity index (χ2v) is 3.91. The number of aromatic nitrogens is 2. The van der Waals surface area contributed by atoms with Crippen LogP contribution in [-0.2, 0) is 11.3 Å². The van der Waals surface area contributed by atoms with Gasteiger partial charge in [-0.1, -0.05) is 0 Å². The largest absolute Gasteiger partial charge is 0.480 e. The van der Waals surface area contributed by atoms with Crippen molar-refractivity contribution in [3.05, 3.63) is 24.0 Å². The molecule has 2 rings (SSSR count). The molecule has 2 amide bonds. The summed E-state index contributed by atoms with van der Waals surface area (Å²) in [7, 11) is 0. The van der Waals surface area contributed by atoms with E-state index in [0.717, 1.165) is 0 Å². The van der Waals surface area contributed by atoms with Crippen molar-refractivity contribution in [2.45, 2.75) is 24.9 Å². The molecule has 3 N–H and O–H groups in total. The Balaban J connectivity index is 1.81. The number of urea groups is 1. The minimum absolute atomic E-state index is 0.218. The molecule has 0 radical (unpaired) electrons. The predicted octanol–water partition coefficient (Wildman–Crippen LogP) is -0.107. The average molecular weight is 236 g/mol. The minimum Gasteiger partial charge on any atom is -0.480 e. The molecule has 0 atom stereocenters. The maximum atomic E-state index is 11.4. The Morgan fingerprint density at radius 1 is 1.47 bits per heavy atom. The number of carboxylic acids is 1. The third-order valence-electron chi connectivity index (χ3n) is 2.57. The molecular formula is C10H12N4O3. The van der Waals surface area contributed by atoms with Gasteiger partial charge in [0.05, 0.1) is 12.2 Å². The summed E-state index contributed by atoms with van der Waals surface area (Å²) < 4.78 is 0. The Labute approximate surface area is 97.2 Å². The molecule has 7 nitrogen and oxygen atoms in total. The number of hydrogen-bond donors (Lipinski definition) is 3. The first-order valence-electron chi connectivity index (χ1n) is 5.18. The van der Waals surface area contributed by atoms with Crippen LogP contribution in [0.25, 0.3) is 0 Å². The van der Waals surface area contributed by atoms with E-state index in [1.54, 1.807) is 12.1 Å². The fraction of sp³-hybridized carbons (Fsp3) is 0.400. The summed E-state index contributed by atoms with van der Waals surface area (Å²) in [6.45, 7) is 0.218. The fourth-order valence-electron chi connectivity index (χ4n) is 1.38. The molecule has 0 spiro atoms. The van der Waals surface area contributed by atoms with Crippen molar-refractivity contribution >= 4 is 12.0 Å². The molecule has 17 heavy (non-hydrogen) atoms. The standard InChI is InChI=1S/C10H12N4O3/c15-8(16)10(3-4-10)13-9(17)11-6-7-2-1-5-12-14-7/h1-2,5H,3-4,6H2,(H,15,16)(H2,11,13,17). The lowest BCUT2D eigenvalue weighted by Gasteiger charge is -2.12. The van der Waals surface area contributed by atoms with Crippen molar-refractivity contribution in [1.29, 1.82) is 0 Å². The summed E-state index contributed by atoms with van der Waals surface area (Å²) in [6.07, 6.45) is 2.48. The molecule has 0 saturated heterocycles. The summed E-state index contributed by atoms with van der Waals surface area (Å²) >= 11 is 0. The Kier molecular flexibility index (Phi) is 2.90. The van der Waals surface area contributed by atoms with Gasteiger partial charge in [-0.2, -0.15) is 10.2 Å². The molecule has 1 aliphatic carbocycles. The lowest BCUT2D eigenvalue weighted by atomic mass is 10.3. The van der Waals surface area contributed by atoms with Gasteiger partial charge >= 0.3 is 12.0 Å². The van der Waals surface area contributed by atoms with E-state index in [1.807, 2.05) is 0 Å². The first-order chi connectivity index (χ1) is 8.12. The number of nitrogens with zero attached hydrogens (tertiary/aromatic N) is 2. The van der Waals surface area contributed by atoms with Gasteiger partial charge in [-0.15, -0.1) is 0 Å². The predicted molar refractivity (Wildman–Crippen MR) is 57.0 cm³/mol. The maximum Gasteiger partial charge on any atom is 0.329 e. The Morgan fingerprint density at radius 2 is 2.24 bits per heavy atom. The topological polar surface area (TPSA) is 104 Å². The first kappa shape index (κ1) is 11.3. The second kappa shape index (κ2) is 4.36. The van der Waals surface area contributed by atoms with Crippen LogP contribution >= 0.6 is 0 Å². The minimum atomic E-state index is -1.06. The molecule has 1 heterocycles. The molecule has 7 heteroatoms. The maximum absolute atomic E-state index is 11.4. The molecule has 0 bridgehead atoms. The molecule has 1 aromatic heterocycles. The zero-order chi connectivity index (χ0) is 12.3. The van der Waals surface area contributed by atoms with Gasteiger partial charge in [-0.25, -0.2) is 9.59 Å². The zero-order valence-electron chi connectivity index (χ0n) is 9.01. The molecule has 90 valence electrons. The highest BCUT2D eigenvalue weighted by Crippen LogP contribution is 2.35. The average Bonchev–Trinajstić information content (AvgIpc) is 3.09. The summed E-state index contributed by atoms with van der Waals surface area (Å²) in [5.41, 5.74) is -0.449. The second-order valence-electron chi connectivity index (χ2n) is 3.91. The quantitative estimate of drug-likeness (QED) is 0.676. The highest BCUT2D eigenvalue weighted by molar-refractivity contribution is 5.88. The van der Waals surface area contributed by atoms with Crippen molar-refractivity contribution in [3.63, 3.8) is 0 Å². The number of aliphatic carboxylic acids is 1. The zero-order valence-corrected chi connectivity index (χ0v) is 9.01. The Morgan fingerprint density at radius 3 is 2.76 bits per heavy atom. The molecular weight excluding hydrogens is 224 g/mol. The summed E-state index contributed by atoms with van der Waals surface area (Å²) in [5.74, 6) is -0.993. The number of rotatable bonds is 4. The number of carboxylic acid groups (broad SMARTS) is 1. The molecule has 0 unspecified atom stereocenters. The van der Waals surface area contributed by atoms with Crippen molar-refractivity contribution in [3.8, 4) is 0 Å². The highest BCUT2D eigenvalue weighted by Gasteiger charge is 2.51. The van der Waals surface area contributed by atoms with E-state index in [2.05, 4.69) is 20.8 Å². The van der Waals surface area contributed by atoms with Crippen LogP contribution in [0, 0.1) is 0 Å². The smallest absolute Gasteiger partial charge is 0.329 e. The van der Waals surface area contributed by atoms with E-state index in [1.165, 1.54) is 6.20 Å². The van der Waals surface area contributed by atoms with Crippen LogP contribution in [0.2, 0.25) is 0 Å². The van der Waals surface area contributed by atoms with Gasteiger partial charge in [0.25, 0.3) is 0 Å². The van der Waals surface area contributed by atoms with Crippen LogP contribution < -0.4 is 10.6 Å². The van der Waals surface area contributed by atoms with Crippen LogP contribution in [0.3, 0.4) is 0 Å². The van der Waals surface area contributed by atoms with Crippen molar-refractivity contribution in [1.82, 2.24) is 20.8 Å². The highest BCUT2D eigenvalue weighted by atomic mass is 16.4. The molecule has 0 aliphatic heterocycles. The molecule has 1 aromatic rings.